The summed E-state index contributed by atoms with van der Waals surface area (Å²) in [5.41, 5.74) is 0. The number of hydrogen-bond acceptors (Lipinski definition) is 6. The zero-order valence-corrected chi connectivity index (χ0v) is 12.1. The highest BCUT2D eigenvalue weighted by Crippen LogP contribution is 2.35. The molecule has 6 nitrogen and oxygen atoms in total. The van der Waals surface area contributed by atoms with Gasteiger partial charge in [-0.2, -0.15) is 8.42 Å². The highest BCUT2D eigenvalue weighted by molar-refractivity contribution is 7.85. The van der Waals surface area contributed by atoms with E-state index < -0.39 is 10.1 Å². The molecule has 19 heavy (non-hydrogen) atoms. The van der Waals surface area contributed by atoms with Gasteiger partial charge in [0.15, 0.2) is 17.6 Å². The lowest BCUT2D eigenvalue weighted by Gasteiger charge is -2.24. The molecule has 0 spiro atoms. The lowest BCUT2D eigenvalue weighted by atomic mass is 10.2. The van der Waals surface area contributed by atoms with Crippen LogP contribution in [0.15, 0.2) is 10.8 Å². The van der Waals surface area contributed by atoms with E-state index in [2.05, 4.69) is 0 Å². The van der Waals surface area contributed by atoms with Crippen molar-refractivity contribution in [1.29, 1.82) is 0 Å². The molecule has 0 amide bonds. The second kappa shape index (κ2) is 6.08. The third kappa shape index (κ3) is 4.64. The van der Waals surface area contributed by atoms with Gasteiger partial charge in [-0.25, -0.2) is 0 Å². The molecular formula is C11H16O6S2. The number of hydrogen-bond donors (Lipinski definition) is 1. The van der Waals surface area contributed by atoms with E-state index in [0.717, 1.165) is 11.5 Å². The zero-order valence-electron chi connectivity index (χ0n) is 10.4. The van der Waals surface area contributed by atoms with E-state index in [-0.39, 0.29) is 24.4 Å². The topological polar surface area (TPSA) is 82.1 Å². The lowest BCUT2D eigenvalue weighted by molar-refractivity contribution is 0.00209. The number of fused-ring (bicyclic) bond motifs is 1. The normalized spacial score (nSPS) is 20.2. The minimum atomic E-state index is -3.95. The second-order valence-electron chi connectivity index (χ2n) is 4.54. The molecule has 1 aromatic heterocycles. The summed E-state index contributed by atoms with van der Waals surface area (Å²) in [4.78, 5) is 0. The number of thiophene rings is 1. The van der Waals surface area contributed by atoms with Crippen molar-refractivity contribution < 1.29 is 27.2 Å². The molecule has 0 saturated carbocycles. The first-order chi connectivity index (χ1) is 8.94. The van der Waals surface area contributed by atoms with Gasteiger partial charge >= 0.3 is 0 Å². The van der Waals surface area contributed by atoms with E-state index in [1.165, 1.54) is 11.3 Å². The van der Waals surface area contributed by atoms with Gasteiger partial charge in [0.1, 0.15) is 6.61 Å². The molecule has 0 fully saturated rings. The van der Waals surface area contributed by atoms with Gasteiger partial charge in [0.2, 0.25) is 0 Å². The summed E-state index contributed by atoms with van der Waals surface area (Å²) >= 11 is 1.51. The minimum absolute atomic E-state index is 0.194. The zero-order chi connectivity index (χ0) is 13.9. The Hall–Kier alpha value is -0.830. The van der Waals surface area contributed by atoms with Gasteiger partial charge < -0.3 is 14.2 Å². The van der Waals surface area contributed by atoms with Crippen LogP contribution in [-0.2, 0) is 14.9 Å². The van der Waals surface area contributed by atoms with E-state index >= 15 is 0 Å². The van der Waals surface area contributed by atoms with Crippen molar-refractivity contribution >= 4 is 21.5 Å². The van der Waals surface area contributed by atoms with Crippen LogP contribution >= 0.6 is 11.3 Å². The maximum Gasteiger partial charge on any atom is 0.265 e. The molecule has 2 unspecified atom stereocenters. The van der Waals surface area contributed by atoms with Gasteiger partial charge in [-0.3, -0.25) is 4.55 Å². The lowest BCUT2D eigenvalue weighted by Crippen LogP contribution is -2.33. The summed E-state index contributed by atoms with van der Waals surface area (Å²) in [7, 11) is -3.95. The molecule has 1 aliphatic heterocycles. The Balaban J connectivity index is 1.70. The number of ether oxygens (including phenoxy) is 3. The standard InChI is InChI=1S/C11H16O6S2/c1-8(7-19(12,13)14)2-15-3-9-4-16-10-5-18-6-11(10)17-9/h5-6,8-9H,2-4,7H2,1H3,(H,12,13,14). The summed E-state index contributed by atoms with van der Waals surface area (Å²) in [6, 6.07) is 0. The third-order valence-electron chi connectivity index (χ3n) is 2.51. The van der Waals surface area contributed by atoms with Gasteiger partial charge in [-0.05, 0) is 5.92 Å². The fraction of sp³-hybridized carbons (Fsp3) is 0.636. The number of rotatable bonds is 6. The smallest absolute Gasteiger partial charge is 0.265 e. The molecular weight excluding hydrogens is 292 g/mol. The maximum absolute atomic E-state index is 10.7. The Morgan fingerprint density at radius 1 is 1.53 bits per heavy atom. The largest absolute Gasteiger partial charge is 0.485 e. The molecule has 2 atom stereocenters. The van der Waals surface area contributed by atoms with Crippen LogP contribution in [0.3, 0.4) is 0 Å². The summed E-state index contributed by atoms with van der Waals surface area (Å²) in [6.07, 6.45) is -0.194. The van der Waals surface area contributed by atoms with Crippen LogP contribution in [-0.4, -0.2) is 44.6 Å². The quantitative estimate of drug-likeness (QED) is 0.801. The van der Waals surface area contributed by atoms with Crippen LogP contribution in [0.5, 0.6) is 11.5 Å². The molecule has 2 rings (SSSR count). The fourth-order valence-corrected chi connectivity index (χ4v) is 3.24. The van der Waals surface area contributed by atoms with E-state index in [9.17, 15) is 8.42 Å². The highest BCUT2D eigenvalue weighted by atomic mass is 32.2. The molecule has 0 bridgehead atoms. The van der Waals surface area contributed by atoms with Crippen molar-refractivity contribution in [3.8, 4) is 11.5 Å². The first-order valence-corrected chi connectivity index (χ1v) is 8.38. The van der Waals surface area contributed by atoms with Gasteiger partial charge in [0.25, 0.3) is 10.1 Å². The van der Waals surface area contributed by atoms with Crippen molar-refractivity contribution in [2.45, 2.75) is 13.0 Å². The van der Waals surface area contributed by atoms with Crippen LogP contribution in [0.25, 0.3) is 0 Å². The van der Waals surface area contributed by atoms with Gasteiger partial charge in [-0.15, -0.1) is 11.3 Å². The highest BCUT2D eigenvalue weighted by Gasteiger charge is 2.22. The second-order valence-corrected chi connectivity index (χ2v) is 6.78. The van der Waals surface area contributed by atoms with Crippen molar-refractivity contribution in [1.82, 2.24) is 0 Å². The Labute approximate surface area is 116 Å². The average molecular weight is 308 g/mol. The van der Waals surface area contributed by atoms with Gasteiger partial charge in [0, 0.05) is 10.8 Å². The molecule has 1 aromatic rings. The van der Waals surface area contributed by atoms with E-state index in [1.807, 2.05) is 10.8 Å². The SMILES string of the molecule is CC(COCC1COc2cscc2O1)CS(=O)(=O)O. The van der Waals surface area contributed by atoms with Gasteiger partial charge in [-0.1, -0.05) is 6.92 Å². The molecule has 0 aromatic carbocycles. The molecule has 108 valence electrons. The van der Waals surface area contributed by atoms with Crippen LogP contribution in [0.1, 0.15) is 6.92 Å². The van der Waals surface area contributed by atoms with E-state index in [4.69, 9.17) is 18.8 Å². The summed E-state index contributed by atoms with van der Waals surface area (Å²) in [6.45, 7) is 2.68. The molecule has 1 N–H and O–H groups in total. The first-order valence-electron chi connectivity index (χ1n) is 5.82. The Morgan fingerprint density at radius 2 is 2.26 bits per heavy atom. The maximum atomic E-state index is 10.7. The van der Waals surface area contributed by atoms with Crippen LogP contribution in [0.4, 0.5) is 0 Å². The van der Waals surface area contributed by atoms with Crippen molar-refractivity contribution in [2.24, 2.45) is 5.92 Å². The fourth-order valence-electron chi connectivity index (χ4n) is 1.75. The monoisotopic (exact) mass is 308 g/mol. The Bertz CT molecular complexity index is 509. The predicted molar refractivity (Wildman–Crippen MR) is 70.6 cm³/mol. The summed E-state index contributed by atoms with van der Waals surface area (Å²) in [5, 5.41) is 3.74. The first kappa shape index (κ1) is 14.6. The van der Waals surface area contributed by atoms with Crippen molar-refractivity contribution in [2.75, 3.05) is 25.6 Å². The van der Waals surface area contributed by atoms with E-state index in [0.29, 0.717) is 13.2 Å². The molecule has 0 radical (unpaired) electrons. The van der Waals surface area contributed by atoms with Crippen LogP contribution in [0, 0.1) is 5.92 Å². The minimum Gasteiger partial charge on any atom is -0.485 e. The average Bonchev–Trinajstić information content (AvgIpc) is 2.73. The molecule has 8 heteroatoms. The van der Waals surface area contributed by atoms with Crippen LogP contribution in [0.2, 0.25) is 0 Å². The molecule has 0 saturated heterocycles. The Morgan fingerprint density at radius 3 is 3.00 bits per heavy atom. The third-order valence-corrected chi connectivity index (χ3v) is 4.20. The van der Waals surface area contributed by atoms with Crippen molar-refractivity contribution in [3.05, 3.63) is 10.8 Å². The van der Waals surface area contributed by atoms with Gasteiger partial charge in [0.05, 0.1) is 19.0 Å². The molecule has 2 heterocycles. The molecule has 1 aliphatic rings. The van der Waals surface area contributed by atoms with E-state index in [1.54, 1.807) is 6.92 Å². The Kier molecular flexibility index (Phi) is 4.67. The van der Waals surface area contributed by atoms with Crippen molar-refractivity contribution in [3.63, 3.8) is 0 Å². The predicted octanol–water partition coefficient (Wildman–Crippen LogP) is 1.43. The molecule has 0 aliphatic carbocycles. The summed E-state index contributed by atoms with van der Waals surface area (Å²) < 4.78 is 46.6. The summed E-state index contributed by atoms with van der Waals surface area (Å²) in [5.74, 6) is 0.900. The van der Waals surface area contributed by atoms with Crippen LogP contribution < -0.4 is 9.47 Å².